The van der Waals surface area contributed by atoms with E-state index in [1.165, 1.54) is 23.0 Å². The third-order valence-electron chi connectivity index (χ3n) is 5.19. The van der Waals surface area contributed by atoms with Gasteiger partial charge < -0.3 is 10.2 Å². The highest BCUT2D eigenvalue weighted by Gasteiger charge is 2.19. The first-order chi connectivity index (χ1) is 15.0. The summed E-state index contributed by atoms with van der Waals surface area (Å²) in [5.74, 6) is -0.278. The van der Waals surface area contributed by atoms with Crippen LogP contribution in [0.4, 0.5) is 5.69 Å². The molecule has 0 atom stereocenters. The maximum absolute atomic E-state index is 12.5. The van der Waals surface area contributed by atoms with Gasteiger partial charge in [-0.25, -0.2) is 4.68 Å². The van der Waals surface area contributed by atoms with Crippen molar-refractivity contribution in [2.75, 3.05) is 13.1 Å². The van der Waals surface area contributed by atoms with E-state index in [-0.39, 0.29) is 24.0 Å². The van der Waals surface area contributed by atoms with Crippen LogP contribution in [-0.2, 0) is 6.54 Å². The van der Waals surface area contributed by atoms with Crippen LogP contribution < -0.4 is 5.32 Å². The summed E-state index contributed by atoms with van der Waals surface area (Å²) in [6.07, 6.45) is 5.07. The molecule has 0 spiro atoms. The highest BCUT2D eigenvalue weighted by atomic mass is 16.6. The van der Waals surface area contributed by atoms with Gasteiger partial charge in [-0.05, 0) is 42.7 Å². The Morgan fingerprint density at radius 3 is 2.52 bits per heavy atom. The van der Waals surface area contributed by atoms with Gasteiger partial charge in [0.2, 0.25) is 0 Å². The molecule has 31 heavy (non-hydrogen) atoms. The maximum Gasteiger partial charge on any atom is 0.269 e. The second-order valence-electron chi connectivity index (χ2n) is 7.33. The lowest BCUT2D eigenvalue weighted by molar-refractivity contribution is -0.384. The number of nitro benzene ring substituents is 1. The zero-order valence-electron chi connectivity index (χ0n) is 16.7. The number of nitrogens with zero attached hydrogens (tertiary/aromatic N) is 4. The van der Waals surface area contributed by atoms with Crippen LogP contribution in [0.25, 0.3) is 5.69 Å². The summed E-state index contributed by atoms with van der Waals surface area (Å²) < 4.78 is 1.48. The summed E-state index contributed by atoms with van der Waals surface area (Å²) in [4.78, 5) is 37.2. The van der Waals surface area contributed by atoms with Gasteiger partial charge in [-0.3, -0.25) is 19.7 Å². The van der Waals surface area contributed by atoms with Gasteiger partial charge >= 0.3 is 0 Å². The van der Waals surface area contributed by atoms with Crippen molar-refractivity contribution in [3.63, 3.8) is 0 Å². The van der Waals surface area contributed by atoms with E-state index in [1.807, 2.05) is 17.0 Å². The first kappa shape index (κ1) is 20.3. The van der Waals surface area contributed by atoms with Crippen molar-refractivity contribution in [2.45, 2.75) is 19.4 Å². The zero-order valence-corrected chi connectivity index (χ0v) is 16.7. The van der Waals surface area contributed by atoms with Gasteiger partial charge in [0.15, 0.2) is 0 Å². The number of hydrogen-bond acceptors (Lipinski definition) is 5. The fourth-order valence-electron chi connectivity index (χ4n) is 3.51. The number of rotatable bonds is 6. The second kappa shape index (κ2) is 8.78. The first-order valence-electron chi connectivity index (χ1n) is 9.97. The number of carbonyl (C=O) groups is 2. The van der Waals surface area contributed by atoms with E-state index < -0.39 is 4.92 Å². The number of likely N-dealkylation sites (tertiary alicyclic amines) is 1. The number of nitrogens with one attached hydrogen (secondary N) is 1. The Morgan fingerprint density at radius 1 is 1.06 bits per heavy atom. The minimum atomic E-state index is -0.473. The van der Waals surface area contributed by atoms with Crippen LogP contribution in [0.15, 0.2) is 60.9 Å². The van der Waals surface area contributed by atoms with Crippen molar-refractivity contribution in [3.8, 4) is 5.69 Å². The summed E-state index contributed by atoms with van der Waals surface area (Å²) in [5, 5.41) is 17.8. The molecular weight excluding hydrogens is 398 g/mol. The molecule has 9 nitrogen and oxygen atoms in total. The van der Waals surface area contributed by atoms with Gasteiger partial charge in [-0.2, -0.15) is 5.10 Å². The lowest BCUT2D eigenvalue weighted by Crippen LogP contribution is -2.28. The fourth-order valence-corrected chi connectivity index (χ4v) is 3.51. The summed E-state index contributed by atoms with van der Waals surface area (Å²) in [5.41, 5.74) is 2.42. The van der Waals surface area contributed by atoms with Gasteiger partial charge in [0, 0.05) is 43.5 Å². The van der Waals surface area contributed by atoms with Gasteiger partial charge in [0.1, 0.15) is 0 Å². The number of hydrogen-bond donors (Lipinski definition) is 1. The average molecular weight is 419 g/mol. The summed E-state index contributed by atoms with van der Waals surface area (Å²) in [6.45, 7) is 1.86. The van der Waals surface area contributed by atoms with Crippen molar-refractivity contribution < 1.29 is 14.5 Å². The van der Waals surface area contributed by atoms with E-state index in [0.717, 1.165) is 31.5 Å². The molecule has 1 fully saturated rings. The van der Waals surface area contributed by atoms with E-state index in [4.69, 9.17) is 0 Å². The molecule has 0 unspecified atom stereocenters. The van der Waals surface area contributed by atoms with E-state index in [1.54, 1.807) is 30.5 Å². The summed E-state index contributed by atoms with van der Waals surface area (Å²) in [6, 6.07) is 13.2. The molecule has 158 valence electrons. The maximum atomic E-state index is 12.5. The van der Waals surface area contributed by atoms with E-state index in [0.29, 0.717) is 16.8 Å². The second-order valence-corrected chi connectivity index (χ2v) is 7.33. The van der Waals surface area contributed by atoms with Crippen LogP contribution in [-0.4, -0.2) is 44.5 Å². The Morgan fingerprint density at radius 2 is 1.81 bits per heavy atom. The highest BCUT2D eigenvalue weighted by molar-refractivity contribution is 5.95. The quantitative estimate of drug-likeness (QED) is 0.488. The molecular formula is C22H21N5O4. The lowest BCUT2D eigenvalue weighted by Gasteiger charge is -2.15. The molecule has 1 aliphatic rings. The van der Waals surface area contributed by atoms with Gasteiger partial charge in [0.05, 0.1) is 22.4 Å². The Hall–Kier alpha value is -4.01. The van der Waals surface area contributed by atoms with E-state index in [2.05, 4.69) is 10.4 Å². The van der Waals surface area contributed by atoms with E-state index in [9.17, 15) is 19.7 Å². The molecule has 2 amide bonds. The Balaban J connectivity index is 1.39. The smallest absolute Gasteiger partial charge is 0.269 e. The molecule has 0 saturated carbocycles. The van der Waals surface area contributed by atoms with Crippen LogP contribution in [0.1, 0.15) is 39.1 Å². The van der Waals surface area contributed by atoms with Crippen LogP contribution in [0, 0.1) is 10.1 Å². The molecule has 1 aliphatic heterocycles. The van der Waals surface area contributed by atoms with Crippen molar-refractivity contribution in [1.82, 2.24) is 20.0 Å². The number of non-ortho nitro benzene ring substituents is 1. The van der Waals surface area contributed by atoms with Crippen LogP contribution in [0.5, 0.6) is 0 Å². The zero-order chi connectivity index (χ0) is 21.8. The van der Waals surface area contributed by atoms with Gasteiger partial charge in [0.25, 0.3) is 17.5 Å². The SMILES string of the molecule is O=C(NCc1cccc(C(=O)N2CCCC2)c1)c1cnn(-c2ccc([N+](=O)[O-])cc2)c1. The molecule has 0 bridgehead atoms. The van der Waals surface area contributed by atoms with Crippen molar-refractivity contribution in [2.24, 2.45) is 0 Å². The predicted molar refractivity (Wildman–Crippen MR) is 113 cm³/mol. The molecule has 1 aromatic heterocycles. The third-order valence-corrected chi connectivity index (χ3v) is 5.19. The minimum Gasteiger partial charge on any atom is -0.348 e. The number of aromatic nitrogens is 2. The van der Waals surface area contributed by atoms with Crippen molar-refractivity contribution in [3.05, 3.63) is 87.7 Å². The molecule has 1 saturated heterocycles. The highest BCUT2D eigenvalue weighted by Crippen LogP contribution is 2.16. The molecule has 2 heterocycles. The summed E-state index contributed by atoms with van der Waals surface area (Å²) >= 11 is 0. The van der Waals surface area contributed by atoms with Crippen LogP contribution >= 0.6 is 0 Å². The summed E-state index contributed by atoms with van der Waals surface area (Å²) in [7, 11) is 0. The van der Waals surface area contributed by atoms with Crippen LogP contribution in [0.2, 0.25) is 0 Å². The largest absolute Gasteiger partial charge is 0.348 e. The number of carbonyl (C=O) groups excluding carboxylic acids is 2. The predicted octanol–water partition coefficient (Wildman–Crippen LogP) is 2.95. The van der Waals surface area contributed by atoms with Crippen molar-refractivity contribution >= 4 is 17.5 Å². The van der Waals surface area contributed by atoms with Gasteiger partial charge in [-0.1, -0.05) is 12.1 Å². The molecule has 0 radical (unpaired) electrons. The normalized spacial score (nSPS) is 13.2. The van der Waals surface area contributed by atoms with Crippen molar-refractivity contribution in [1.29, 1.82) is 0 Å². The Kier molecular flexibility index (Phi) is 5.74. The molecule has 0 aliphatic carbocycles. The van der Waals surface area contributed by atoms with E-state index >= 15 is 0 Å². The molecule has 1 N–H and O–H groups in total. The molecule has 4 rings (SSSR count). The monoisotopic (exact) mass is 419 g/mol. The lowest BCUT2D eigenvalue weighted by atomic mass is 10.1. The molecule has 9 heteroatoms. The van der Waals surface area contributed by atoms with Crippen LogP contribution in [0.3, 0.4) is 0 Å². The third kappa shape index (κ3) is 4.61. The van der Waals surface area contributed by atoms with Gasteiger partial charge in [-0.15, -0.1) is 0 Å². The standard InChI is InChI=1S/C22H21N5O4/c28-21(18-14-24-26(15-18)19-6-8-20(9-7-19)27(30)31)23-13-16-4-3-5-17(12-16)22(29)25-10-1-2-11-25/h3-9,12,14-15H,1-2,10-11,13H2,(H,23,28). The Labute approximate surface area is 178 Å². The number of nitro groups is 1. The Bertz CT molecular complexity index is 1120. The average Bonchev–Trinajstić information content (AvgIpc) is 3.50. The minimum absolute atomic E-state index is 0.0145. The number of benzene rings is 2. The molecule has 2 aromatic carbocycles. The first-order valence-corrected chi connectivity index (χ1v) is 9.97. The number of amides is 2. The fraction of sp³-hybridized carbons (Fsp3) is 0.227. The topological polar surface area (TPSA) is 110 Å². The molecule has 3 aromatic rings.